The van der Waals surface area contributed by atoms with Gasteiger partial charge in [0.25, 0.3) is 0 Å². The molecular formula is C24H25N3O4. The lowest BCUT2D eigenvalue weighted by atomic mass is 9.76. The minimum absolute atomic E-state index is 0.166. The van der Waals surface area contributed by atoms with E-state index in [1.807, 2.05) is 31.2 Å². The third-order valence-electron chi connectivity index (χ3n) is 6.84. The third-order valence-corrected chi connectivity index (χ3v) is 6.84. The van der Waals surface area contributed by atoms with E-state index in [1.54, 1.807) is 24.3 Å². The Kier molecular flexibility index (Phi) is 4.59. The number of benzene rings is 2. The van der Waals surface area contributed by atoms with Crippen LogP contribution in [0.5, 0.6) is 5.75 Å². The van der Waals surface area contributed by atoms with Gasteiger partial charge < -0.3 is 10.4 Å². The first-order valence-corrected chi connectivity index (χ1v) is 10.8. The van der Waals surface area contributed by atoms with Gasteiger partial charge in [0.1, 0.15) is 11.3 Å². The maximum absolute atomic E-state index is 13.5. The molecule has 3 amide bonds. The number of phenols is 1. The molecule has 2 unspecified atom stereocenters. The summed E-state index contributed by atoms with van der Waals surface area (Å²) in [7, 11) is 0. The molecule has 160 valence electrons. The third kappa shape index (κ3) is 2.80. The minimum atomic E-state index is -1.25. The highest BCUT2D eigenvalue weighted by atomic mass is 16.3. The van der Waals surface area contributed by atoms with Crippen LogP contribution in [0.3, 0.4) is 0 Å². The van der Waals surface area contributed by atoms with Crippen LogP contribution in [0.2, 0.25) is 0 Å². The van der Waals surface area contributed by atoms with Crippen LogP contribution in [-0.4, -0.2) is 40.3 Å². The van der Waals surface area contributed by atoms with Gasteiger partial charge in [-0.05, 0) is 36.6 Å². The number of likely N-dealkylation sites (tertiary alicyclic amines) is 1. The molecule has 0 aliphatic carbocycles. The van der Waals surface area contributed by atoms with Crippen LogP contribution in [0.4, 0.5) is 5.69 Å². The number of para-hydroxylation sites is 1. The van der Waals surface area contributed by atoms with Crippen LogP contribution in [0, 0.1) is 11.8 Å². The van der Waals surface area contributed by atoms with E-state index in [9.17, 15) is 19.5 Å². The number of nitrogens with one attached hydrogen (secondary N) is 2. The average molecular weight is 419 g/mol. The monoisotopic (exact) mass is 419 g/mol. The first-order valence-electron chi connectivity index (χ1n) is 10.8. The standard InChI is InChI=1S/C24H25N3O4/c1-2-3-12-27-21(29)19-18(13-14-8-10-15(28)11-9-14)26-24(20(19)22(27)30)16-6-4-5-7-17(16)25-23(24)31/h4-11,18-20,26,28H,2-3,12-13H2,1H3,(H,25,31)/t18?,19-,20+,24?/m1/s1. The largest absolute Gasteiger partial charge is 0.508 e. The van der Waals surface area contributed by atoms with E-state index in [4.69, 9.17) is 0 Å². The molecule has 2 aromatic rings. The summed E-state index contributed by atoms with van der Waals surface area (Å²) in [5, 5.41) is 15.9. The van der Waals surface area contributed by atoms with Crippen LogP contribution in [-0.2, 0) is 26.3 Å². The molecular weight excluding hydrogens is 394 g/mol. The molecule has 1 spiro atoms. The van der Waals surface area contributed by atoms with Crippen LogP contribution in [0.1, 0.15) is 30.9 Å². The van der Waals surface area contributed by atoms with Crippen LogP contribution >= 0.6 is 0 Å². The molecule has 2 saturated heterocycles. The summed E-state index contributed by atoms with van der Waals surface area (Å²) < 4.78 is 0. The van der Waals surface area contributed by atoms with Crippen molar-refractivity contribution in [2.24, 2.45) is 11.8 Å². The fraction of sp³-hybridized carbons (Fsp3) is 0.375. The lowest BCUT2D eigenvalue weighted by Gasteiger charge is -2.29. The molecule has 7 heteroatoms. The Morgan fingerprint density at radius 3 is 2.52 bits per heavy atom. The number of fused-ring (bicyclic) bond motifs is 4. The van der Waals surface area contributed by atoms with E-state index in [0.717, 1.165) is 24.0 Å². The Labute approximate surface area is 180 Å². The zero-order chi connectivity index (χ0) is 21.8. The number of hydrogen-bond donors (Lipinski definition) is 3. The summed E-state index contributed by atoms with van der Waals surface area (Å²) >= 11 is 0. The van der Waals surface area contributed by atoms with Crippen LogP contribution in [0.25, 0.3) is 0 Å². The van der Waals surface area contributed by atoms with Gasteiger partial charge in [-0.1, -0.05) is 43.7 Å². The topological polar surface area (TPSA) is 98.7 Å². The predicted molar refractivity (Wildman–Crippen MR) is 114 cm³/mol. The Bertz CT molecular complexity index is 1070. The summed E-state index contributed by atoms with van der Waals surface area (Å²) in [6, 6.07) is 13.8. The molecule has 5 rings (SSSR count). The average Bonchev–Trinajstić information content (AvgIpc) is 3.33. The summed E-state index contributed by atoms with van der Waals surface area (Å²) in [6.45, 7) is 2.40. The van der Waals surface area contributed by atoms with Gasteiger partial charge in [0, 0.05) is 23.8 Å². The fourth-order valence-electron chi connectivity index (χ4n) is 5.42. The molecule has 3 heterocycles. The molecule has 2 fully saturated rings. The number of carbonyl (C=O) groups excluding carboxylic acids is 3. The molecule has 0 aromatic heterocycles. The van der Waals surface area contributed by atoms with E-state index in [2.05, 4.69) is 10.6 Å². The summed E-state index contributed by atoms with van der Waals surface area (Å²) in [4.78, 5) is 41.6. The van der Waals surface area contributed by atoms with E-state index >= 15 is 0 Å². The van der Waals surface area contributed by atoms with Crippen LogP contribution < -0.4 is 10.6 Å². The molecule has 0 bridgehead atoms. The molecule has 31 heavy (non-hydrogen) atoms. The van der Waals surface area contributed by atoms with Crippen molar-refractivity contribution in [3.8, 4) is 5.75 Å². The van der Waals surface area contributed by atoms with Crippen molar-refractivity contribution < 1.29 is 19.5 Å². The van der Waals surface area contributed by atoms with Crippen molar-refractivity contribution in [1.29, 1.82) is 0 Å². The van der Waals surface area contributed by atoms with Gasteiger partial charge in [-0.15, -0.1) is 0 Å². The van der Waals surface area contributed by atoms with Gasteiger partial charge in [0.2, 0.25) is 17.7 Å². The smallest absolute Gasteiger partial charge is 0.250 e. The van der Waals surface area contributed by atoms with E-state index in [0.29, 0.717) is 18.7 Å². The predicted octanol–water partition coefficient (Wildman–Crippen LogP) is 2.16. The normalized spacial score (nSPS) is 28.9. The number of rotatable bonds is 5. The zero-order valence-electron chi connectivity index (χ0n) is 17.3. The maximum atomic E-state index is 13.5. The van der Waals surface area contributed by atoms with Gasteiger partial charge in [-0.2, -0.15) is 0 Å². The summed E-state index contributed by atoms with van der Waals surface area (Å²) in [5.41, 5.74) is 1.07. The van der Waals surface area contributed by atoms with Crippen molar-refractivity contribution >= 4 is 23.4 Å². The van der Waals surface area contributed by atoms with Gasteiger partial charge in [-0.3, -0.25) is 24.6 Å². The second-order valence-corrected chi connectivity index (χ2v) is 8.61. The number of amides is 3. The Morgan fingerprint density at radius 1 is 1.03 bits per heavy atom. The van der Waals surface area contributed by atoms with Crippen molar-refractivity contribution in [1.82, 2.24) is 10.2 Å². The molecule has 3 N–H and O–H groups in total. The van der Waals surface area contributed by atoms with E-state index in [1.165, 1.54) is 4.90 Å². The van der Waals surface area contributed by atoms with Crippen molar-refractivity contribution in [3.63, 3.8) is 0 Å². The SMILES string of the molecule is CCCCN1C(=O)[C@@H]2C(Cc3ccc(O)cc3)NC3(C(=O)Nc4ccccc43)[C@@H]2C1=O. The second kappa shape index (κ2) is 7.20. The molecule has 4 atom stereocenters. The van der Waals surface area contributed by atoms with Gasteiger partial charge >= 0.3 is 0 Å². The van der Waals surface area contributed by atoms with Gasteiger partial charge in [0.15, 0.2) is 0 Å². The molecule has 0 saturated carbocycles. The highest BCUT2D eigenvalue weighted by Crippen LogP contribution is 2.53. The van der Waals surface area contributed by atoms with Crippen LogP contribution in [0.15, 0.2) is 48.5 Å². The number of aromatic hydroxyl groups is 1. The lowest BCUT2D eigenvalue weighted by molar-refractivity contribution is -0.142. The molecule has 3 aliphatic rings. The molecule has 3 aliphatic heterocycles. The van der Waals surface area contributed by atoms with Crippen molar-refractivity contribution in [3.05, 3.63) is 59.7 Å². The lowest BCUT2D eigenvalue weighted by Crippen LogP contribution is -2.53. The number of phenolic OH excluding ortho intramolecular Hbond substituents is 1. The number of anilines is 1. The highest BCUT2D eigenvalue weighted by Gasteiger charge is 2.70. The summed E-state index contributed by atoms with van der Waals surface area (Å²) in [6.07, 6.45) is 2.08. The van der Waals surface area contributed by atoms with Crippen molar-refractivity contribution in [2.75, 3.05) is 11.9 Å². The number of hydrogen-bond acceptors (Lipinski definition) is 5. The number of imide groups is 1. The van der Waals surface area contributed by atoms with E-state index in [-0.39, 0.29) is 29.5 Å². The molecule has 7 nitrogen and oxygen atoms in total. The number of unbranched alkanes of at least 4 members (excludes halogenated alkanes) is 1. The van der Waals surface area contributed by atoms with Crippen molar-refractivity contribution in [2.45, 2.75) is 37.8 Å². The second-order valence-electron chi connectivity index (χ2n) is 8.61. The minimum Gasteiger partial charge on any atom is -0.508 e. The number of carbonyl (C=O) groups is 3. The maximum Gasteiger partial charge on any atom is 0.250 e. The number of nitrogens with zero attached hydrogens (tertiary/aromatic N) is 1. The van der Waals surface area contributed by atoms with E-state index < -0.39 is 17.4 Å². The fourth-order valence-corrected chi connectivity index (χ4v) is 5.42. The first kappa shape index (κ1) is 19.8. The van der Waals surface area contributed by atoms with Gasteiger partial charge in [-0.25, -0.2) is 0 Å². The molecule has 2 aromatic carbocycles. The summed E-state index contributed by atoms with van der Waals surface area (Å²) in [5.74, 6) is -1.97. The Morgan fingerprint density at radius 2 is 1.77 bits per heavy atom. The highest BCUT2D eigenvalue weighted by molar-refractivity contribution is 6.15. The zero-order valence-corrected chi connectivity index (χ0v) is 17.3. The Balaban J connectivity index is 1.59. The first-order chi connectivity index (χ1) is 15.0. The Hall–Kier alpha value is -3.19. The molecule has 0 radical (unpaired) electrons. The van der Waals surface area contributed by atoms with Gasteiger partial charge in [0.05, 0.1) is 11.8 Å². The quantitative estimate of drug-likeness (QED) is 0.645.